The molecule has 1 aromatic carbocycles. The van der Waals surface area contributed by atoms with Gasteiger partial charge < -0.3 is 10.5 Å². The van der Waals surface area contributed by atoms with Crippen LogP contribution in [0, 0.1) is 11.3 Å². The fraction of sp³-hybridized carbons (Fsp3) is 0.480. The number of ether oxygens (including phenoxy) is 1. The highest BCUT2D eigenvalue weighted by Gasteiger charge is 2.38. The smallest absolute Gasteiger partial charge is 0.127 e. The number of fused-ring (bicyclic) bond motifs is 1. The predicted octanol–water partition coefficient (Wildman–Crippen LogP) is 4.55. The van der Waals surface area contributed by atoms with Crippen LogP contribution in [-0.4, -0.2) is 48.1 Å². The highest BCUT2D eigenvalue weighted by molar-refractivity contribution is 6.32. The molecule has 0 saturated carbocycles. The van der Waals surface area contributed by atoms with E-state index < -0.39 is 0 Å². The van der Waals surface area contributed by atoms with Gasteiger partial charge in [-0.1, -0.05) is 18.5 Å². The summed E-state index contributed by atoms with van der Waals surface area (Å²) in [5.41, 5.74) is 12.0. The summed E-state index contributed by atoms with van der Waals surface area (Å²) >= 11 is 6.68. The second-order valence-corrected chi connectivity index (χ2v) is 9.37. The first-order valence-corrected chi connectivity index (χ1v) is 11.6. The van der Waals surface area contributed by atoms with Gasteiger partial charge in [0, 0.05) is 53.9 Å². The SMILES string of the molecule is CCOc1c(C(C)C2N=C(C)C(N)=C3C=CN=C32)cc(Cl)c(C#N)c1C1CN(C(C)C)C1. The lowest BCUT2D eigenvalue weighted by atomic mass is 9.80. The van der Waals surface area contributed by atoms with Crippen LogP contribution in [0.2, 0.25) is 5.02 Å². The molecule has 0 aromatic heterocycles. The van der Waals surface area contributed by atoms with Gasteiger partial charge in [-0.05, 0) is 39.8 Å². The highest BCUT2D eigenvalue weighted by atomic mass is 35.5. The van der Waals surface area contributed by atoms with Gasteiger partial charge in [0.05, 0.1) is 40.4 Å². The standard InChI is InChI=1S/C25H30ClN5O/c1-6-32-25-18(14(4)23-24-17(7-8-29-24)22(28)15(5)30-23)9-20(26)19(10-27)21(25)16-11-31(12-16)13(2)3/h7-9,13-14,16,23H,6,11-12,28H2,1-5H3. The van der Waals surface area contributed by atoms with Crippen molar-refractivity contribution in [2.75, 3.05) is 19.7 Å². The van der Waals surface area contributed by atoms with Crippen molar-refractivity contribution in [1.82, 2.24) is 4.90 Å². The monoisotopic (exact) mass is 451 g/mol. The van der Waals surface area contributed by atoms with E-state index in [9.17, 15) is 5.26 Å². The molecule has 0 radical (unpaired) electrons. The van der Waals surface area contributed by atoms with Gasteiger partial charge >= 0.3 is 0 Å². The fourth-order valence-corrected chi connectivity index (χ4v) is 5.06. The van der Waals surface area contributed by atoms with Gasteiger partial charge in [-0.2, -0.15) is 5.26 Å². The topological polar surface area (TPSA) is 87.0 Å². The molecule has 3 aliphatic rings. The number of dihydropyridines is 1. The van der Waals surface area contributed by atoms with E-state index in [-0.39, 0.29) is 17.9 Å². The average Bonchev–Trinajstić information content (AvgIpc) is 3.20. The molecular weight excluding hydrogens is 422 g/mol. The number of hydrogen-bond donors (Lipinski definition) is 1. The number of nitriles is 1. The van der Waals surface area contributed by atoms with Crippen LogP contribution < -0.4 is 10.5 Å². The van der Waals surface area contributed by atoms with Gasteiger partial charge in [0.2, 0.25) is 0 Å². The van der Waals surface area contributed by atoms with E-state index in [1.807, 2.05) is 26.0 Å². The summed E-state index contributed by atoms with van der Waals surface area (Å²) in [5, 5.41) is 10.4. The Morgan fingerprint density at radius 3 is 2.69 bits per heavy atom. The third-order valence-electron chi connectivity index (χ3n) is 6.73. The molecule has 0 bridgehead atoms. The number of likely N-dealkylation sites (tertiary alicyclic amines) is 1. The maximum absolute atomic E-state index is 9.93. The molecule has 0 aliphatic carbocycles. The maximum Gasteiger partial charge on any atom is 0.127 e. The number of nitrogens with zero attached hydrogens (tertiary/aromatic N) is 4. The van der Waals surface area contributed by atoms with E-state index in [1.54, 1.807) is 6.20 Å². The fourth-order valence-electron chi connectivity index (χ4n) is 4.80. The summed E-state index contributed by atoms with van der Waals surface area (Å²) in [6.45, 7) is 12.7. The number of benzene rings is 1. The highest BCUT2D eigenvalue weighted by Crippen LogP contribution is 2.45. The molecule has 2 unspecified atom stereocenters. The molecule has 1 fully saturated rings. The van der Waals surface area contributed by atoms with Crippen molar-refractivity contribution in [1.29, 1.82) is 5.26 Å². The zero-order chi connectivity index (χ0) is 23.2. The molecule has 2 atom stereocenters. The Kier molecular flexibility index (Phi) is 6.15. The van der Waals surface area contributed by atoms with Gasteiger partial charge in [0.25, 0.3) is 0 Å². The number of hydrogen-bond acceptors (Lipinski definition) is 6. The molecule has 6 nitrogen and oxygen atoms in total. The first kappa shape index (κ1) is 22.6. The van der Waals surface area contributed by atoms with Crippen molar-refractivity contribution in [2.24, 2.45) is 15.7 Å². The molecule has 2 N–H and O–H groups in total. The quantitative estimate of drug-likeness (QED) is 0.687. The Morgan fingerprint density at radius 2 is 2.06 bits per heavy atom. The van der Waals surface area contributed by atoms with Crippen LogP contribution in [0.3, 0.4) is 0 Å². The summed E-state index contributed by atoms with van der Waals surface area (Å²) in [6.07, 6.45) is 3.72. The molecule has 7 heteroatoms. The summed E-state index contributed by atoms with van der Waals surface area (Å²) < 4.78 is 6.22. The molecule has 3 aliphatic heterocycles. The number of rotatable bonds is 6. The van der Waals surface area contributed by atoms with Crippen molar-refractivity contribution in [3.63, 3.8) is 0 Å². The first-order chi connectivity index (χ1) is 15.3. The molecule has 1 aromatic rings. The molecule has 3 heterocycles. The van der Waals surface area contributed by atoms with Gasteiger partial charge in [0.1, 0.15) is 11.8 Å². The van der Waals surface area contributed by atoms with Crippen molar-refractivity contribution in [2.45, 2.75) is 58.5 Å². The lowest BCUT2D eigenvalue weighted by Gasteiger charge is -2.43. The van der Waals surface area contributed by atoms with E-state index >= 15 is 0 Å². The van der Waals surface area contributed by atoms with E-state index in [0.717, 1.165) is 47.0 Å². The Balaban J connectivity index is 1.80. The zero-order valence-corrected chi connectivity index (χ0v) is 20.1. The normalized spacial score (nSPS) is 21.8. The number of allylic oxidation sites excluding steroid dienone is 2. The molecule has 0 spiro atoms. The second-order valence-electron chi connectivity index (χ2n) is 8.96. The number of aliphatic imine (C=N–C) groups is 2. The van der Waals surface area contributed by atoms with Gasteiger partial charge in [0.15, 0.2) is 0 Å². The van der Waals surface area contributed by atoms with Crippen molar-refractivity contribution in [3.8, 4) is 11.8 Å². The van der Waals surface area contributed by atoms with E-state index in [2.05, 4.69) is 36.7 Å². The molecule has 0 amide bonds. The minimum absolute atomic E-state index is 0.0569. The van der Waals surface area contributed by atoms with E-state index in [4.69, 9.17) is 27.1 Å². The minimum atomic E-state index is -0.197. The predicted molar refractivity (Wildman–Crippen MR) is 130 cm³/mol. The van der Waals surface area contributed by atoms with Crippen LogP contribution in [0.4, 0.5) is 0 Å². The third kappa shape index (κ3) is 3.64. The molecule has 32 heavy (non-hydrogen) atoms. The van der Waals surface area contributed by atoms with Crippen LogP contribution in [0.25, 0.3) is 0 Å². The molecule has 1 saturated heterocycles. The van der Waals surface area contributed by atoms with Crippen molar-refractivity contribution in [3.05, 3.63) is 51.3 Å². The van der Waals surface area contributed by atoms with E-state index in [1.165, 1.54) is 0 Å². The summed E-state index contributed by atoms with van der Waals surface area (Å²) in [6, 6.07) is 4.49. The van der Waals surface area contributed by atoms with Crippen molar-refractivity contribution < 1.29 is 4.74 Å². The van der Waals surface area contributed by atoms with Crippen LogP contribution in [-0.2, 0) is 0 Å². The van der Waals surface area contributed by atoms with Gasteiger partial charge in [-0.15, -0.1) is 0 Å². The van der Waals surface area contributed by atoms with Gasteiger partial charge in [-0.25, -0.2) is 0 Å². The number of nitrogens with two attached hydrogens (primary N) is 1. The second kappa shape index (κ2) is 8.73. The third-order valence-corrected chi connectivity index (χ3v) is 7.03. The Bertz CT molecular complexity index is 1100. The lowest BCUT2D eigenvalue weighted by molar-refractivity contribution is 0.108. The van der Waals surface area contributed by atoms with Crippen LogP contribution in [0.5, 0.6) is 5.75 Å². The minimum Gasteiger partial charge on any atom is -0.493 e. The van der Waals surface area contributed by atoms with Gasteiger partial charge in [-0.3, -0.25) is 14.9 Å². The van der Waals surface area contributed by atoms with Crippen LogP contribution in [0.1, 0.15) is 63.1 Å². The Hall–Kier alpha value is -2.62. The van der Waals surface area contributed by atoms with Crippen LogP contribution >= 0.6 is 11.6 Å². The largest absolute Gasteiger partial charge is 0.493 e. The molecule has 4 rings (SSSR count). The first-order valence-electron chi connectivity index (χ1n) is 11.2. The average molecular weight is 452 g/mol. The lowest BCUT2D eigenvalue weighted by Crippen LogP contribution is -2.49. The summed E-state index contributed by atoms with van der Waals surface area (Å²) in [4.78, 5) is 11.9. The van der Waals surface area contributed by atoms with Crippen LogP contribution in [0.15, 0.2) is 39.6 Å². The summed E-state index contributed by atoms with van der Waals surface area (Å²) in [7, 11) is 0. The zero-order valence-electron chi connectivity index (χ0n) is 19.3. The molecule has 168 valence electrons. The maximum atomic E-state index is 9.93. The van der Waals surface area contributed by atoms with Crippen molar-refractivity contribution >= 4 is 23.0 Å². The summed E-state index contributed by atoms with van der Waals surface area (Å²) in [5.74, 6) is 0.933. The Labute approximate surface area is 195 Å². The molecular formula is C25H30ClN5O. The Morgan fingerprint density at radius 1 is 1.34 bits per heavy atom. The number of halogens is 1. The van der Waals surface area contributed by atoms with E-state index in [0.29, 0.717) is 28.9 Å².